The Balaban J connectivity index is 2.24. The second-order valence-corrected chi connectivity index (χ2v) is 6.06. The summed E-state index contributed by atoms with van der Waals surface area (Å²) < 4.78 is 0. The summed E-state index contributed by atoms with van der Waals surface area (Å²) in [6, 6.07) is 4.47. The summed E-state index contributed by atoms with van der Waals surface area (Å²) in [5.41, 5.74) is 2.55. The molecule has 19 heavy (non-hydrogen) atoms. The van der Waals surface area contributed by atoms with Crippen molar-refractivity contribution in [2.45, 2.75) is 40.2 Å². The van der Waals surface area contributed by atoms with Crippen molar-refractivity contribution >= 4 is 5.82 Å². The molecule has 1 aliphatic heterocycles. The molecule has 1 saturated heterocycles. The van der Waals surface area contributed by atoms with Crippen LogP contribution in [0.3, 0.4) is 0 Å². The lowest BCUT2D eigenvalue weighted by molar-refractivity contribution is 0.355. The number of nitrogens with one attached hydrogen (secondary N) is 1. The lowest BCUT2D eigenvalue weighted by Gasteiger charge is -2.36. The van der Waals surface area contributed by atoms with Crippen molar-refractivity contribution in [1.29, 1.82) is 0 Å². The molecule has 2 unspecified atom stereocenters. The molecule has 0 amide bonds. The Morgan fingerprint density at radius 1 is 1.26 bits per heavy atom. The third-order valence-corrected chi connectivity index (χ3v) is 3.86. The van der Waals surface area contributed by atoms with Crippen LogP contribution in [-0.2, 0) is 13.0 Å². The molecule has 3 nitrogen and oxygen atoms in total. The fourth-order valence-electron chi connectivity index (χ4n) is 3.13. The van der Waals surface area contributed by atoms with Crippen LogP contribution in [-0.4, -0.2) is 25.1 Å². The molecule has 0 aliphatic carbocycles. The normalized spacial score (nSPS) is 23.7. The molecule has 1 N–H and O–H groups in total. The highest BCUT2D eigenvalue weighted by Crippen LogP contribution is 2.26. The summed E-state index contributed by atoms with van der Waals surface area (Å²) in [5.74, 6) is 2.70. The van der Waals surface area contributed by atoms with Crippen LogP contribution in [0.4, 0.5) is 5.82 Å². The molecule has 0 spiro atoms. The average Bonchev–Trinajstić information content (AvgIpc) is 2.37. The van der Waals surface area contributed by atoms with E-state index in [2.05, 4.69) is 43.1 Å². The van der Waals surface area contributed by atoms with E-state index in [1.54, 1.807) is 0 Å². The van der Waals surface area contributed by atoms with Gasteiger partial charge in [-0.1, -0.05) is 20.8 Å². The van der Waals surface area contributed by atoms with E-state index >= 15 is 0 Å². The van der Waals surface area contributed by atoms with Gasteiger partial charge in [-0.15, -0.1) is 0 Å². The van der Waals surface area contributed by atoms with Crippen LogP contribution in [0.1, 0.15) is 38.4 Å². The van der Waals surface area contributed by atoms with Gasteiger partial charge in [0.2, 0.25) is 0 Å². The smallest absolute Gasteiger partial charge is 0.129 e. The molecule has 0 radical (unpaired) electrons. The second kappa shape index (κ2) is 6.38. The summed E-state index contributed by atoms with van der Waals surface area (Å²) in [7, 11) is 2.00. The van der Waals surface area contributed by atoms with Crippen molar-refractivity contribution < 1.29 is 0 Å². The summed E-state index contributed by atoms with van der Waals surface area (Å²) >= 11 is 0. The van der Waals surface area contributed by atoms with Gasteiger partial charge in [0.1, 0.15) is 5.82 Å². The summed E-state index contributed by atoms with van der Waals surface area (Å²) in [6.45, 7) is 10.1. The number of anilines is 1. The predicted octanol–water partition coefficient (Wildman–Crippen LogP) is 2.85. The van der Waals surface area contributed by atoms with Gasteiger partial charge in [0.25, 0.3) is 0 Å². The molecule has 2 heterocycles. The number of hydrogen-bond acceptors (Lipinski definition) is 3. The van der Waals surface area contributed by atoms with Crippen LogP contribution >= 0.6 is 0 Å². The topological polar surface area (TPSA) is 28.2 Å². The Kier molecular flexibility index (Phi) is 4.81. The Labute approximate surface area is 117 Å². The van der Waals surface area contributed by atoms with E-state index in [0.717, 1.165) is 37.9 Å². The molecule has 0 aromatic carbocycles. The number of piperidine rings is 1. The lowest BCUT2D eigenvalue weighted by Crippen LogP contribution is -2.39. The van der Waals surface area contributed by atoms with E-state index in [1.807, 2.05) is 7.05 Å². The molecule has 1 aromatic rings. The van der Waals surface area contributed by atoms with E-state index in [4.69, 9.17) is 4.98 Å². The van der Waals surface area contributed by atoms with Gasteiger partial charge in [-0.05, 0) is 49.4 Å². The van der Waals surface area contributed by atoms with Crippen molar-refractivity contribution in [1.82, 2.24) is 10.3 Å². The first kappa shape index (κ1) is 14.3. The van der Waals surface area contributed by atoms with Gasteiger partial charge in [-0.25, -0.2) is 4.98 Å². The standard InChI is InChI=1S/C16H27N3/c1-5-15-7-14(9-17-4)8-16(18-15)19-10-12(2)6-13(3)11-19/h7-8,12-13,17H,5-6,9-11H2,1-4H3. The third-order valence-electron chi connectivity index (χ3n) is 3.86. The maximum absolute atomic E-state index is 4.82. The minimum atomic E-state index is 0.767. The molecule has 0 saturated carbocycles. The van der Waals surface area contributed by atoms with Crippen molar-refractivity contribution in [2.75, 3.05) is 25.0 Å². The van der Waals surface area contributed by atoms with E-state index in [1.165, 1.54) is 23.5 Å². The zero-order chi connectivity index (χ0) is 13.8. The van der Waals surface area contributed by atoms with Gasteiger partial charge in [-0.2, -0.15) is 0 Å². The van der Waals surface area contributed by atoms with Gasteiger partial charge < -0.3 is 10.2 Å². The first-order valence-corrected chi connectivity index (χ1v) is 7.51. The Morgan fingerprint density at radius 3 is 2.53 bits per heavy atom. The summed E-state index contributed by atoms with van der Waals surface area (Å²) in [6.07, 6.45) is 2.34. The minimum Gasteiger partial charge on any atom is -0.356 e. The van der Waals surface area contributed by atoms with Crippen LogP contribution < -0.4 is 10.2 Å². The fourth-order valence-corrected chi connectivity index (χ4v) is 3.13. The van der Waals surface area contributed by atoms with Crippen molar-refractivity contribution in [2.24, 2.45) is 11.8 Å². The lowest BCUT2D eigenvalue weighted by atomic mass is 9.92. The highest BCUT2D eigenvalue weighted by molar-refractivity contribution is 5.43. The largest absolute Gasteiger partial charge is 0.356 e. The van der Waals surface area contributed by atoms with Gasteiger partial charge in [0.05, 0.1) is 0 Å². The van der Waals surface area contributed by atoms with E-state index in [-0.39, 0.29) is 0 Å². The zero-order valence-electron chi connectivity index (χ0n) is 12.7. The first-order valence-electron chi connectivity index (χ1n) is 7.51. The molecule has 0 bridgehead atoms. The number of aryl methyl sites for hydroxylation is 1. The monoisotopic (exact) mass is 261 g/mol. The van der Waals surface area contributed by atoms with Gasteiger partial charge in [0, 0.05) is 25.3 Å². The van der Waals surface area contributed by atoms with Crippen LogP contribution in [0.15, 0.2) is 12.1 Å². The molecular weight excluding hydrogens is 234 g/mol. The number of rotatable bonds is 4. The zero-order valence-corrected chi connectivity index (χ0v) is 12.7. The first-order chi connectivity index (χ1) is 9.12. The number of nitrogens with zero attached hydrogens (tertiary/aromatic N) is 2. The fraction of sp³-hybridized carbons (Fsp3) is 0.688. The van der Waals surface area contributed by atoms with E-state index < -0.39 is 0 Å². The third kappa shape index (κ3) is 3.69. The van der Waals surface area contributed by atoms with Crippen molar-refractivity contribution in [3.8, 4) is 0 Å². The number of aromatic nitrogens is 1. The Hall–Kier alpha value is -1.09. The minimum absolute atomic E-state index is 0.767. The highest BCUT2D eigenvalue weighted by Gasteiger charge is 2.23. The molecule has 1 aliphatic rings. The Bertz CT molecular complexity index is 406. The van der Waals surface area contributed by atoms with E-state index in [9.17, 15) is 0 Å². The Morgan fingerprint density at radius 2 is 1.95 bits per heavy atom. The van der Waals surface area contributed by atoms with Crippen LogP contribution in [0, 0.1) is 11.8 Å². The summed E-state index contributed by atoms with van der Waals surface area (Å²) in [5, 5.41) is 3.24. The second-order valence-electron chi connectivity index (χ2n) is 6.06. The van der Waals surface area contributed by atoms with Crippen molar-refractivity contribution in [3.05, 3.63) is 23.4 Å². The van der Waals surface area contributed by atoms with Crippen molar-refractivity contribution in [3.63, 3.8) is 0 Å². The summed E-state index contributed by atoms with van der Waals surface area (Å²) in [4.78, 5) is 7.29. The van der Waals surface area contributed by atoms with Gasteiger partial charge in [-0.3, -0.25) is 0 Å². The average molecular weight is 261 g/mol. The molecule has 2 rings (SSSR count). The van der Waals surface area contributed by atoms with Gasteiger partial charge >= 0.3 is 0 Å². The quantitative estimate of drug-likeness (QED) is 0.903. The van der Waals surface area contributed by atoms with E-state index in [0.29, 0.717) is 0 Å². The molecule has 3 heteroatoms. The highest BCUT2D eigenvalue weighted by atomic mass is 15.2. The molecule has 106 valence electrons. The molecule has 1 aromatic heterocycles. The van der Waals surface area contributed by atoms with Crippen LogP contribution in [0.2, 0.25) is 0 Å². The number of pyridine rings is 1. The van der Waals surface area contributed by atoms with Crippen LogP contribution in [0.5, 0.6) is 0 Å². The molecule has 2 atom stereocenters. The maximum Gasteiger partial charge on any atom is 0.129 e. The maximum atomic E-state index is 4.82. The molecule has 1 fully saturated rings. The van der Waals surface area contributed by atoms with Gasteiger partial charge in [0.15, 0.2) is 0 Å². The molecular formula is C16H27N3. The predicted molar refractivity (Wildman–Crippen MR) is 81.5 cm³/mol. The number of hydrogen-bond donors (Lipinski definition) is 1. The van der Waals surface area contributed by atoms with Crippen LogP contribution in [0.25, 0.3) is 0 Å². The SMILES string of the molecule is CCc1cc(CNC)cc(N2CC(C)CC(C)C2)n1.